The molecule has 0 amide bonds. The molecule has 0 aliphatic rings. The highest BCUT2D eigenvalue weighted by molar-refractivity contribution is 5.86. The highest BCUT2D eigenvalue weighted by atomic mass is 16.5. The van der Waals surface area contributed by atoms with Gasteiger partial charge in [-0.2, -0.15) is 0 Å². The van der Waals surface area contributed by atoms with Crippen molar-refractivity contribution < 1.29 is 4.74 Å². The molecule has 0 N–H and O–H groups in total. The highest BCUT2D eigenvalue weighted by Crippen LogP contribution is 2.19. The van der Waals surface area contributed by atoms with E-state index in [2.05, 4.69) is 72.4 Å². The summed E-state index contributed by atoms with van der Waals surface area (Å²) in [6.45, 7) is 5.31. The molecule has 40 heavy (non-hydrogen) atoms. The van der Waals surface area contributed by atoms with Crippen molar-refractivity contribution in [2.45, 2.75) is 104 Å². The smallest absolute Gasteiger partial charge is 0.119 e. The SMILES string of the molecule is CCCCCCCCCc1ccc(N=Cc2ccc(C=Nc3ccc(OCCCCCCCC)cc3)cc2)cc1. The summed E-state index contributed by atoms with van der Waals surface area (Å²) in [5, 5.41) is 0. The number of unbranched alkanes of at least 4 members (excludes halogenated alkanes) is 11. The Morgan fingerprint density at radius 2 is 0.950 bits per heavy atom. The van der Waals surface area contributed by atoms with Crippen LogP contribution in [0.4, 0.5) is 11.4 Å². The van der Waals surface area contributed by atoms with E-state index < -0.39 is 0 Å². The largest absolute Gasteiger partial charge is 0.494 e. The van der Waals surface area contributed by atoms with E-state index in [1.807, 2.05) is 36.7 Å². The van der Waals surface area contributed by atoms with Crippen LogP contribution in [0.3, 0.4) is 0 Å². The van der Waals surface area contributed by atoms with Crippen LogP contribution in [-0.4, -0.2) is 19.0 Å². The van der Waals surface area contributed by atoms with Crippen molar-refractivity contribution in [2.24, 2.45) is 9.98 Å². The number of hydrogen-bond acceptors (Lipinski definition) is 3. The second kappa shape index (κ2) is 19.8. The summed E-state index contributed by atoms with van der Waals surface area (Å²) in [5.74, 6) is 0.916. The van der Waals surface area contributed by atoms with Crippen LogP contribution >= 0.6 is 0 Å². The summed E-state index contributed by atoms with van der Waals surface area (Å²) in [4.78, 5) is 9.28. The van der Waals surface area contributed by atoms with Gasteiger partial charge in [-0.15, -0.1) is 0 Å². The molecule has 0 atom stereocenters. The molecular weight excluding hydrogens is 488 g/mol. The number of aliphatic imine (C=N–C) groups is 2. The number of rotatable bonds is 20. The van der Waals surface area contributed by atoms with Gasteiger partial charge in [0.1, 0.15) is 5.75 Å². The lowest BCUT2D eigenvalue weighted by molar-refractivity contribution is 0.304. The summed E-state index contributed by atoms with van der Waals surface area (Å²) >= 11 is 0. The molecule has 0 aliphatic carbocycles. The molecule has 3 rings (SSSR count). The van der Waals surface area contributed by atoms with Crippen molar-refractivity contribution in [2.75, 3.05) is 6.61 Å². The Bertz CT molecular complexity index is 1010. The van der Waals surface area contributed by atoms with E-state index in [0.717, 1.165) is 47.7 Å². The molecule has 0 fully saturated rings. The predicted molar refractivity (Wildman–Crippen MR) is 174 cm³/mol. The Labute approximate surface area is 243 Å². The van der Waals surface area contributed by atoms with Crippen LogP contribution in [0.2, 0.25) is 0 Å². The topological polar surface area (TPSA) is 34.0 Å². The molecule has 0 heterocycles. The fraction of sp³-hybridized carbons (Fsp3) is 0.459. The number of ether oxygens (including phenoxy) is 1. The Kier molecular flexibility index (Phi) is 15.5. The van der Waals surface area contributed by atoms with Gasteiger partial charge in [0.15, 0.2) is 0 Å². The molecule has 3 aromatic carbocycles. The van der Waals surface area contributed by atoms with Crippen LogP contribution in [0, 0.1) is 0 Å². The number of benzene rings is 3. The van der Waals surface area contributed by atoms with Crippen LogP contribution in [0.15, 0.2) is 82.8 Å². The Morgan fingerprint density at radius 1 is 0.500 bits per heavy atom. The van der Waals surface area contributed by atoms with E-state index in [4.69, 9.17) is 4.74 Å². The van der Waals surface area contributed by atoms with Gasteiger partial charge in [0.25, 0.3) is 0 Å². The average Bonchev–Trinajstić information content (AvgIpc) is 3.00. The van der Waals surface area contributed by atoms with E-state index in [0.29, 0.717) is 0 Å². The van der Waals surface area contributed by atoms with Crippen molar-refractivity contribution in [3.63, 3.8) is 0 Å². The third-order valence-corrected chi connectivity index (χ3v) is 7.27. The standard InChI is InChI=1S/C37H50N2O/c1-3-5-7-9-11-12-14-16-32-21-23-35(24-22-32)38-30-33-17-19-34(20-18-33)31-39-36-25-27-37(28-26-36)40-29-15-13-10-8-6-4-2/h17-28,30-31H,3-16,29H2,1-2H3. The molecule has 0 radical (unpaired) electrons. The van der Waals surface area contributed by atoms with E-state index in [-0.39, 0.29) is 0 Å². The molecule has 0 unspecified atom stereocenters. The van der Waals surface area contributed by atoms with Crippen LogP contribution in [0.25, 0.3) is 0 Å². The Hall–Kier alpha value is -3.20. The maximum Gasteiger partial charge on any atom is 0.119 e. The fourth-order valence-electron chi connectivity index (χ4n) is 4.70. The maximum atomic E-state index is 5.87. The van der Waals surface area contributed by atoms with Crippen LogP contribution in [0.5, 0.6) is 5.75 Å². The third-order valence-electron chi connectivity index (χ3n) is 7.27. The van der Waals surface area contributed by atoms with Gasteiger partial charge in [-0.05, 0) is 72.4 Å². The Morgan fingerprint density at radius 3 is 1.48 bits per heavy atom. The summed E-state index contributed by atoms with van der Waals surface area (Å²) in [5.41, 5.74) is 5.47. The van der Waals surface area contributed by atoms with Crippen molar-refractivity contribution in [3.8, 4) is 5.75 Å². The summed E-state index contributed by atoms with van der Waals surface area (Å²) < 4.78 is 5.87. The van der Waals surface area contributed by atoms with E-state index in [1.165, 1.54) is 82.6 Å². The molecule has 3 nitrogen and oxygen atoms in total. The molecular formula is C37H50N2O. The molecule has 0 aliphatic heterocycles. The summed E-state index contributed by atoms with van der Waals surface area (Å²) in [7, 11) is 0. The van der Waals surface area contributed by atoms with Gasteiger partial charge >= 0.3 is 0 Å². The monoisotopic (exact) mass is 538 g/mol. The van der Waals surface area contributed by atoms with Gasteiger partial charge in [0, 0.05) is 12.4 Å². The zero-order valence-electron chi connectivity index (χ0n) is 25.0. The minimum Gasteiger partial charge on any atom is -0.494 e. The molecule has 0 bridgehead atoms. The van der Waals surface area contributed by atoms with Gasteiger partial charge in [-0.25, -0.2) is 0 Å². The van der Waals surface area contributed by atoms with Crippen LogP contribution in [0.1, 0.15) is 114 Å². The number of nitrogens with zero attached hydrogens (tertiary/aromatic N) is 2. The minimum atomic E-state index is 0.787. The molecule has 3 heteroatoms. The molecule has 0 saturated carbocycles. The maximum absolute atomic E-state index is 5.87. The second-order valence-corrected chi connectivity index (χ2v) is 10.8. The van der Waals surface area contributed by atoms with Crippen LogP contribution < -0.4 is 4.74 Å². The predicted octanol–water partition coefficient (Wildman–Crippen LogP) is 11.2. The number of hydrogen-bond donors (Lipinski definition) is 0. The van der Waals surface area contributed by atoms with Crippen LogP contribution in [-0.2, 0) is 6.42 Å². The first kappa shape index (κ1) is 31.3. The third kappa shape index (κ3) is 13.2. The first-order valence-electron chi connectivity index (χ1n) is 15.8. The van der Waals surface area contributed by atoms with Gasteiger partial charge in [0.05, 0.1) is 18.0 Å². The van der Waals surface area contributed by atoms with Gasteiger partial charge in [-0.1, -0.05) is 121 Å². The van der Waals surface area contributed by atoms with Gasteiger partial charge in [-0.3, -0.25) is 9.98 Å². The molecule has 214 valence electrons. The van der Waals surface area contributed by atoms with Gasteiger partial charge in [0.2, 0.25) is 0 Å². The minimum absolute atomic E-state index is 0.787. The summed E-state index contributed by atoms with van der Waals surface area (Å²) in [6.07, 6.45) is 22.1. The van der Waals surface area contributed by atoms with Crippen molar-refractivity contribution >= 4 is 23.8 Å². The van der Waals surface area contributed by atoms with Crippen molar-refractivity contribution in [3.05, 3.63) is 89.5 Å². The lowest BCUT2D eigenvalue weighted by atomic mass is 10.0. The second-order valence-electron chi connectivity index (χ2n) is 10.8. The van der Waals surface area contributed by atoms with Crippen molar-refractivity contribution in [1.29, 1.82) is 0 Å². The normalized spacial score (nSPS) is 11.6. The highest BCUT2D eigenvalue weighted by Gasteiger charge is 1.98. The molecule has 0 saturated heterocycles. The fourth-order valence-corrected chi connectivity index (χ4v) is 4.70. The molecule has 0 aromatic heterocycles. The molecule has 0 spiro atoms. The summed E-state index contributed by atoms with van der Waals surface area (Å²) in [6, 6.07) is 25.0. The van der Waals surface area contributed by atoms with E-state index in [9.17, 15) is 0 Å². The van der Waals surface area contributed by atoms with E-state index in [1.54, 1.807) is 0 Å². The lowest BCUT2D eigenvalue weighted by Crippen LogP contribution is -1.96. The Balaban J connectivity index is 1.36. The van der Waals surface area contributed by atoms with Gasteiger partial charge < -0.3 is 4.74 Å². The quantitative estimate of drug-likeness (QED) is 0.104. The average molecular weight is 539 g/mol. The van der Waals surface area contributed by atoms with E-state index >= 15 is 0 Å². The first-order valence-corrected chi connectivity index (χ1v) is 15.8. The molecule has 3 aromatic rings. The first-order chi connectivity index (χ1) is 19.8. The van der Waals surface area contributed by atoms with Crippen molar-refractivity contribution in [1.82, 2.24) is 0 Å². The zero-order chi connectivity index (χ0) is 28.1. The lowest BCUT2D eigenvalue weighted by Gasteiger charge is -2.06. The number of aryl methyl sites for hydroxylation is 1. The zero-order valence-corrected chi connectivity index (χ0v) is 25.0.